The van der Waals surface area contributed by atoms with E-state index in [2.05, 4.69) is 27.3 Å². The highest BCUT2D eigenvalue weighted by atomic mass is 79.9. The Labute approximate surface area is 126 Å². The van der Waals surface area contributed by atoms with E-state index in [1.807, 2.05) is 13.8 Å². The van der Waals surface area contributed by atoms with Crippen LogP contribution in [0.4, 0.5) is 5.69 Å². The molecule has 1 N–H and O–H groups in total. The standard InChI is InChI=1S/C13H16BrN3O3/c1-9(2)16-10(8-15)5-6-20-13-7-11(17(18)19)3-4-12(13)14/h3-4,7,9-10,16H,5-6H2,1-2H3. The summed E-state index contributed by atoms with van der Waals surface area (Å²) >= 11 is 3.28. The number of benzene rings is 1. The van der Waals surface area contributed by atoms with Crippen molar-refractivity contribution in [1.29, 1.82) is 5.26 Å². The molecule has 0 radical (unpaired) electrons. The van der Waals surface area contributed by atoms with E-state index in [-0.39, 0.29) is 17.8 Å². The van der Waals surface area contributed by atoms with Gasteiger partial charge in [-0.1, -0.05) is 0 Å². The second kappa shape index (κ2) is 7.82. The van der Waals surface area contributed by atoms with Crippen LogP contribution < -0.4 is 10.1 Å². The summed E-state index contributed by atoms with van der Waals surface area (Å²) in [6, 6.07) is 6.40. The molecule has 1 rings (SSSR count). The molecule has 0 saturated heterocycles. The molecule has 0 fully saturated rings. The van der Waals surface area contributed by atoms with E-state index < -0.39 is 4.92 Å². The molecule has 7 heteroatoms. The Kier molecular flexibility index (Phi) is 6.42. The van der Waals surface area contributed by atoms with Gasteiger partial charge in [-0.2, -0.15) is 5.26 Å². The second-order valence-corrected chi connectivity index (χ2v) is 5.37. The van der Waals surface area contributed by atoms with Gasteiger partial charge >= 0.3 is 0 Å². The van der Waals surface area contributed by atoms with Gasteiger partial charge < -0.3 is 4.74 Å². The zero-order valence-corrected chi connectivity index (χ0v) is 12.9. The third-order valence-electron chi connectivity index (χ3n) is 2.48. The molecule has 0 aliphatic rings. The van der Waals surface area contributed by atoms with Crippen molar-refractivity contribution in [2.45, 2.75) is 32.4 Å². The Balaban J connectivity index is 2.59. The first kappa shape index (κ1) is 16.4. The third-order valence-corrected chi connectivity index (χ3v) is 3.14. The molecule has 0 heterocycles. The van der Waals surface area contributed by atoms with Crippen LogP contribution in [-0.2, 0) is 0 Å². The zero-order chi connectivity index (χ0) is 15.1. The average molecular weight is 342 g/mol. The van der Waals surface area contributed by atoms with Crippen LogP contribution in [0.5, 0.6) is 5.75 Å². The SMILES string of the molecule is CC(C)NC(C#N)CCOc1cc([N+](=O)[O-])ccc1Br. The van der Waals surface area contributed by atoms with E-state index in [9.17, 15) is 10.1 Å². The monoisotopic (exact) mass is 341 g/mol. The van der Waals surface area contributed by atoms with E-state index >= 15 is 0 Å². The fourth-order valence-corrected chi connectivity index (χ4v) is 1.95. The van der Waals surface area contributed by atoms with Crippen molar-refractivity contribution in [3.05, 3.63) is 32.8 Å². The predicted octanol–water partition coefficient (Wildman–Crippen LogP) is 3.02. The molecule has 0 aliphatic heterocycles. The fourth-order valence-electron chi connectivity index (χ4n) is 1.59. The summed E-state index contributed by atoms with van der Waals surface area (Å²) in [5, 5.41) is 22.8. The lowest BCUT2D eigenvalue weighted by atomic mass is 10.2. The minimum absolute atomic E-state index is 0.0275. The molecule has 0 amide bonds. The normalized spacial score (nSPS) is 11.9. The van der Waals surface area contributed by atoms with Crippen LogP contribution in [0.2, 0.25) is 0 Å². The van der Waals surface area contributed by atoms with Gasteiger partial charge in [0.1, 0.15) is 5.75 Å². The highest BCUT2D eigenvalue weighted by Gasteiger charge is 2.12. The Hall–Kier alpha value is -1.65. The maximum absolute atomic E-state index is 10.7. The number of hydrogen-bond acceptors (Lipinski definition) is 5. The van der Waals surface area contributed by atoms with Crippen molar-refractivity contribution in [2.24, 2.45) is 0 Å². The van der Waals surface area contributed by atoms with E-state index in [4.69, 9.17) is 10.00 Å². The van der Waals surface area contributed by atoms with Crippen LogP contribution in [0, 0.1) is 21.4 Å². The molecule has 0 aliphatic carbocycles. The summed E-state index contributed by atoms with van der Waals surface area (Å²) in [4.78, 5) is 10.2. The quantitative estimate of drug-likeness (QED) is 0.608. The summed E-state index contributed by atoms with van der Waals surface area (Å²) in [5.41, 5.74) is -0.0275. The molecule has 0 spiro atoms. The fraction of sp³-hybridized carbons (Fsp3) is 0.462. The van der Waals surface area contributed by atoms with Gasteiger partial charge in [-0.25, -0.2) is 0 Å². The van der Waals surface area contributed by atoms with Crippen LogP contribution in [0.3, 0.4) is 0 Å². The molecular formula is C13H16BrN3O3. The lowest BCUT2D eigenvalue weighted by Crippen LogP contribution is -2.34. The first-order chi connectivity index (χ1) is 9.43. The van der Waals surface area contributed by atoms with Gasteiger partial charge in [0.05, 0.1) is 34.2 Å². The van der Waals surface area contributed by atoms with Crippen LogP contribution in [0.15, 0.2) is 22.7 Å². The van der Waals surface area contributed by atoms with Crippen LogP contribution >= 0.6 is 15.9 Å². The second-order valence-electron chi connectivity index (χ2n) is 4.51. The summed E-state index contributed by atoms with van der Waals surface area (Å²) < 4.78 is 6.15. The minimum atomic E-state index is -0.475. The van der Waals surface area contributed by atoms with Crippen molar-refractivity contribution in [2.75, 3.05) is 6.61 Å². The molecule has 1 aromatic carbocycles. The lowest BCUT2D eigenvalue weighted by molar-refractivity contribution is -0.385. The van der Waals surface area contributed by atoms with E-state index in [0.717, 1.165) is 0 Å². The van der Waals surface area contributed by atoms with Gasteiger partial charge in [0.15, 0.2) is 0 Å². The Morgan fingerprint density at radius 1 is 1.55 bits per heavy atom. The van der Waals surface area contributed by atoms with E-state index in [1.165, 1.54) is 12.1 Å². The van der Waals surface area contributed by atoms with Gasteiger partial charge in [-0.15, -0.1) is 0 Å². The number of rotatable bonds is 7. The molecule has 0 bridgehead atoms. The van der Waals surface area contributed by atoms with Crippen LogP contribution in [-0.4, -0.2) is 23.6 Å². The number of nitrogens with zero attached hydrogens (tertiary/aromatic N) is 2. The molecule has 0 saturated carbocycles. The Bertz CT molecular complexity index is 514. The van der Waals surface area contributed by atoms with Crippen molar-refractivity contribution in [3.8, 4) is 11.8 Å². The first-order valence-electron chi connectivity index (χ1n) is 6.16. The highest BCUT2D eigenvalue weighted by Crippen LogP contribution is 2.29. The molecule has 20 heavy (non-hydrogen) atoms. The molecular weight excluding hydrogens is 326 g/mol. The summed E-state index contributed by atoms with van der Waals surface area (Å²) in [6.07, 6.45) is 0.504. The average Bonchev–Trinajstić information content (AvgIpc) is 2.38. The molecule has 108 valence electrons. The number of ether oxygens (including phenoxy) is 1. The topological polar surface area (TPSA) is 88.2 Å². The molecule has 1 aromatic rings. The number of nitrogens with one attached hydrogen (secondary N) is 1. The number of nitriles is 1. The van der Waals surface area contributed by atoms with E-state index in [0.29, 0.717) is 23.2 Å². The smallest absolute Gasteiger partial charge is 0.273 e. The number of hydrogen-bond donors (Lipinski definition) is 1. The zero-order valence-electron chi connectivity index (χ0n) is 11.3. The van der Waals surface area contributed by atoms with Gasteiger partial charge in [0.25, 0.3) is 5.69 Å². The number of nitro benzene ring substituents is 1. The van der Waals surface area contributed by atoms with Crippen molar-refractivity contribution >= 4 is 21.6 Å². The molecule has 6 nitrogen and oxygen atoms in total. The summed E-state index contributed by atoms with van der Waals surface area (Å²) in [6.45, 7) is 4.22. The molecule has 1 unspecified atom stereocenters. The van der Waals surface area contributed by atoms with Gasteiger partial charge in [-0.05, 0) is 35.8 Å². The van der Waals surface area contributed by atoms with Gasteiger partial charge in [0, 0.05) is 18.5 Å². The maximum atomic E-state index is 10.7. The number of halogens is 1. The lowest BCUT2D eigenvalue weighted by Gasteiger charge is -2.15. The number of non-ortho nitro benzene ring substituents is 1. The van der Waals surface area contributed by atoms with Crippen molar-refractivity contribution in [1.82, 2.24) is 5.32 Å². The third kappa shape index (κ3) is 5.15. The maximum Gasteiger partial charge on any atom is 0.273 e. The summed E-state index contributed by atoms with van der Waals surface area (Å²) in [7, 11) is 0. The van der Waals surface area contributed by atoms with Gasteiger partial charge in [-0.3, -0.25) is 15.4 Å². The van der Waals surface area contributed by atoms with Crippen LogP contribution in [0.25, 0.3) is 0 Å². The van der Waals surface area contributed by atoms with Crippen molar-refractivity contribution in [3.63, 3.8) is 0 Å². The Morgan fingerprint density at radius 3 is 2.80 bits per heavy atom. The molecule has 1 atom stereocenters. The van der Waals surface area contributed by atoms with E-state index in [1.54, 1.807) is 6.07 Å². The van der Waals surface area contributed by atoms with Crippen molar-refractivity contribution < 1.29 is 9.66 Å². The Morgan fingerprint density at radius 2 is 2.25 bits per heavy atom. The summed E-state index contributed by atoms with van der Waals surface area (Å²) in [5.74, 6) is 0.403. The van der Waals surface area contributed by atoms with Gasteiger partial charge in [0.2, 0.25) is 0 Å². The molecule has 0 aromatic heterocycles. The first-order valence-corrected chi connectivity index (χ1v) is 6.95. The number of nitro groups is 1. The van der Waals surface area contributed by atoms with Crippen LogP contribution in [0.1, 0.15) is 20.3 Å². The largest absolute Gasteiger partial charge is 0.492 e. The highest BCUT2D eigenvalue weighted by molar-refractivity contribution is 9.10. The minimum Gasteiger partial charge on any atom is -0.492 e. The predicted molar refractivity (Wildman–Crippen MR) is 78.6 cm³/mol.